The molecule has 1 aliphatic heterocycles. The van der Waals surface area contributed by atoms with E-state index >= 15 is 0 Å². The fourth-order valence-corrected chi connectivity index (χ4v) is 3.38. The first-order valence-corrected chi connectivity index (χ1v) is 7.07. The molecule has 1 aliphatic carbocycles. The van der Waals surface area contributed by atoms with Crippen molar-refractivity contribution >= 4 is 11.6 Å². The molecular weight excluding hydrogens is 241 g/mol. The van der Waals surface area contributed by atoms with Crippen LogP contribution >= 0.6 is 0 Å². The first-order chi connectivity index (χ1) is 9.21. The molecule has 19 heavy (non-hydrogen) atoms. The van der Waals surface area contributed by atoms with Crippen molar-refractivity contribution in [2.75, 3.05) is 11.4 Å². The number of anilines is 1. The Morgan fingerprint density at radius 3 is 2.32 bits per heavy atom. The van der Waals surface area contributed by atoms with Crippen LogP contribution < -0.4 is 10.6 Å². The maximum absolute atomic E-state index is 13.1. The number of hydrogen-bond acceptors (Lipinski definition) is 3. The minimum Gasteiger partial charge on any atom is -0.369 e. The third-order valence-electron chi connectivity index (χ3n) is 4.36. The van der Waals surface area contributed by atoms with Crippen LogP contribution in [0.1, 0.15) is 38.5 Å². The third-order valence-corrected chi connectivity index (χ3v) is 4.36. The lowest BCUT2D eigenvalue weighted by molar-refractivity contribution is 0.399. The van der Waals surface area contributed by atoms with E-state index in [1.807, 2.05) is 0 Å². The lowest BCUT2D eigenvalue weighted by Crippen LogP contribution is -2.51. The molecule has 3 rings (SSSR count). The highest BCUT2D eigenvalue weighted by Gasteiger charge is 2.42. The summed E-state index contributed by atoms with van der Waals surface area (Å²) in [7, 11) is 0. The lowest BCUT2D eigenvalue weighted by atomic mass is 9.89. The fourth-order valence-electron chi connectivity index (χ4n) is 3.38. The Kier molecular flexibility index (Phi) is 3.17. The van der Waals surface area contributed by atoms with Crippen molar-refractivity contribution < 1.29 is 4.39 Å². The second-order valence-electron chi connectivity index (χ2n) is 5.62. The topological polar surface area (TPSA) is 41.6 Å². The number of halogens is 1. The predicted molar refractivity (Wildman–Crippen MR) is 75.8 cm³/mol. The van der Waals surface area contributed by atoms with E-state index in [-0.39, 0.29) is 11.4 Å². The largest absolute Gasteiger partial charge is 0.369 e. The molecule has 0 unspecified atom stereocenters. The SMILES string of the molecule is NC1=NCC2(CCCCCC2)N1c1ccc(F)cc1. The number of nitrogens with zero attached hydrogens (tertiary/aromatic N) is 2. The van der Waals surface area contributed by atoms with E-state index in [0.29, 0.717) is 5.96 Å². The van der Waals surface area contributed by atoms with Crippen LogP contribution in [0.3, 0.4) is 0 Å². The zero-order valence-electron chi connectivity index (χ0n) is 11.1. The molecule has 3 nitrogen and oxygen atoms in total. The van der Waals surface area contributed by atoms with Gasteiger partial charge in [0.1, 0.15) is 5.82 Å². The van der Waals surface area contributed by atoms with Crippen LogP contribution in [-0.4, -0.2) is 18.0 Å². The first-order valence-electron chi connectivity index (χ1n) is 7.07. The summed E-state index contributed by atoms with van der Waals surface area (Å²) >= 11 is 0. The summed E-state index contributed by atoms with van der Waals surface area (Å²) in [4.78, 5) is 6.60. The molecule has 102 valence electrons. The second-order valence-corrected chi connectivity index (χ2v) is 5.62. The molecule has 1 heterocycles. The molecule has 0 aromatic heterocycles. The van der Waals surface area contributed by atoms with Crippen LogP contribution in [0.5, 0.6) is 0 Å². The van der Waals surface area contributed by atoms with Crippen molar-refractivity contribution in [2.45, 2.75) is 44.1 Å². The summed E-state index contributed by atoms with van der Waals surface area (Å²) in [6, 6.07) is 6.59. The summed E-state index contributed by atoms with van der Waals surface area (Å²) in [6.45, 7) is 0.774. The van der Waals surface area contributed by atoms with Crippen molar-refractivity contribution in [3.05, 3.63) is 30.1 Å². The number of rotatable bonds is 1. The van der Waals surface area contributed by atoms with E-state index in [9.17, 15) is 4.39 Å². The van der Waals surface area contributed by atoms with Crippen molar-refractivity contribution in [3.8, 4) is 0 Å². The van der Waals surface area contributed by atoms with E-state index < -0.39 is 0 Å². The zero-order valence-corrected chi connectivity index (χ0v) is 11.1. The molecular formula is C15H20FN3. The molecule has 0 radical (unpaired) electrons. The van der Waals surface area contributed by atoms with Crippen LogP contribution in [-0.2, 0) is 0 Å². The first kappa shape index (κ1) is 12.5. The monoisotopic (exact) mass is 261 g/mol. The number of aliphatic imine (C=N–C) groups is 1. The second kappa shape index (κ2) is 4.83. The molecule has 1 aromatic carbocycles. The Labute approximate surface area is 113 Å². The van der Waals surface area contributed by atoms with Crippen molar-refractivity contribution in [3.63, 3.8) is 0 Å². The van der Waals surface area contributed by atoms with Gasteiger partial charge in [0.05, 0.1) is 12.1 Å². The van der Waals surface area contributed by atoms with Gasteiger partial charge in [-0.1, -0.05) is 25.7 Å². The number of hydrogen-bond donors (Lipinski definition) is 1. The highest BCUT2D eigenvalue weighted by molar-refractivity contribution is 5.98. The van der Waals surface area contributed by atoms with Crippen molar-refractivity contribution in [1.82, 2.24) is 0 Å². The van der Waals surface area contributed by atoms with Gasteiger partial charge in [0.2, 0.25) is 0 Å². The van der Waals surface area contributed by atoms with Gasteiger partial charge in [-0.15, -0.1) is 0 Å². The molecule has 1 fully saturated rings. The van der Waals surface area contributed by atoms with Crippen molar-refractivity contribution in [2.24, 2.45) is 10.7 Å². The van der Waals surface area contributed by atoms with Crippen LogP contribution in [0.2, 0.25) is 0 Å². The fraction of sp³-hybridized carbons (Fsp3) is 0.533. The molecule has 0 bridgehead atoms. The lowest BCUT2D eigenvalue weighted by Gasteiger charge is -2.38. The van der Waals surface area contributed by atoms with Gasteiger partial charge in [0.25, 0.3) is 0 Å². The molecule has 4 heteroatoms. The summed E-state index contributed by atoms with van der Waals surface area (Å²) in [5.74, 6) is 0.363. The Bertz CT molecular complexity index is 473. The summed E-state index contributed by atoms with van der Waals surface area (Å²) in [6.07, 6.45) is 7.27. The molecule has 1 spiro atoms. The van der Waals surface area contributed by atoms with Crippen molar-refractivity contribution in [1.29, 1.82) is 0 Å². The van der Waals surface area contributed by atoms with Crippen LogP contribution in [0, 0.1) is 5.82 Å². The van der Waals surface area contributed by atoms with E-state index in [4.69, 9.17) is 5.73 Å². The standard InChI is InChI=1S/C15H20FN3/c16-12-5-7-13(8-6-12)19-14(17)18-11-15(19)9-3-1-2-4-10-15/h5-8H,1-4,9-11H2,(H2,17,18). The minimum absolute atomic E-state index is 0.0262. The molecule has 2 aliphatic rings. The number of guanidine groups is 1. The normalized spacial score (nSPS) is 22.4. The molecule has 1 saturated carbocycles. The molecule has 0 amide bonds. The summed E-state index contributed by atoms with van der Waals surface area (Å²) in [5, 5.41) is 0. The third kappa shape index (κ3) is 2.20. The average molecular weight is 261 g/mol. The highest BCUT2D eigenvalue weighted by atomic mass is 19.1. The molecule has 2 N–H and O–H groups in total. The Hall–Kier alpha value is -1.58. The van der Waals surface area contributed by atoms with Gasteiger partial charge in [-0.3, -0.25) is 4.99 Å². The van der Waals surface area contributed by atoms with Crippen LogP contribution in [0.15, 0.2) is 29.3 Å². The summed E-state index contributed by atoms with van der Waals surface area (Å²) in [5.41, 5.74) is 7.07. The molecule has 0 saturated heterocycles. The van der Waals surface area contributed by atoms with Crippen LogP contribution in [0.4, 0.5) is 10.1 Å². The van der Waals surface area contributed by atoms with Gasteiger partial charge in [0.15, 0.2) is 5.96 Å². The van der Waals surface area contributed by atoms with E-state index in [1.165, 1.54) is 37.8 Å². The Balaban J connectivity index is 1.95. The van der Waals surface area contributed by atoms with Gasteiger partial charge in [-0.2, -0.15) is 0 Å². The number of benzene rings is 1. The predicted octanol–water partition coefficient (Wildman–Crippen LogP) is 3.05. The van der Waals surface area contributed by atoms with E-state index in [1.54, 1.807) is 12.1 Å². The van der Waals surface area contributed by atoms with Gasteiger partial charge >= 0.3 is 0 Å². The van der Waals surface area contributed by atoms with Gasteiger partial charge in [0, 0.05) is 5.69 Å². The molecule has 0 atom stereocenters. The van der Waals surface area contributed by atoms with E-state index in [2.05, 4.69) is 9.89 Å². The van der Waals surface area contributed by atoms with Gasteiger partial charge in [-0.25, -0.2) is 4.39 Å². The number of nitrogens with two attached hydrogens (primary N) is 1. The minimum atomic E-state index is -0.214. The summed E-state index contributed by atoms with van der Waals surface area (Å²) < 4.78 is 13.1. The maximum Gasteiger partial charge on any atom is 0.196 e. The average Bonchev–Trinajstić information content (AvgIpc) is 2.60. The molecule has 1 aromatic rings. The zero-order chi connectivity index (χ0) is 13.3. The smallest absolute Gasteiger partial charge is 0.196 e. The van der Waals surface area contributed by atoms with E-state index in [0.717, 1.165) is 25.1 Å². The van der Waals surface area contributed by atoms with Gasteiger partial charge < -0.3 is 10.6 Å². The maximum atomic E-state index is 13.1. The van der Waals surface area contributed by atoms with Crippen LogP contribution in [0.25, 0.3) is 0 Å². The highest BCUT2D eigenvalue weighted by Crippen LogP contribution is 2.38. The quantitative estimate of drug-likeness (QED) is 0.844. The Morgan fingerprint density at radius 2 is 1.68 bits per heavy atom. The Morgan fingerprint density at radius 1 is 1.05 bits per heavy atom. The van der Waals surface area contributed by atoms with Gasteiger partial charge in [-0.05, 0) is 37.1 Å².